The van der Waals surface area contributed by atoms with Crippen molar-refractivity contribution in [1.29, 1.82) is 0 Å². The topological polar surface area (TPSA) is 69.6 Å². The molecule has 19 heavy (non-hydrogen) atoms. The number of aliphatic hydroxyl groups is 1. The van der Waals surface area contributed by atoms with Gasteiger partial charge in [-0.05, 0) is 41.4 Å². The van der Waals surface area contributed by atoms with Crippen molar-refractivity contribution >= 4 is 39.0 Å². The van der Waals surface area contributed by atoms with Crippen molar-refractivity contribution in [3.8, 4) is 0 Å². The Morgan fingerprint density at radius 2 is 2.11 bits per heavy atom. The maximum Gasteiger partial charge on any atom is 0.296 e. The van der Waals surface area contributed by atoms with Crippen molar-refractivity contribution in [2.75, 3.05) is 29.9 Å². The fourth-order valence-corrected chi connectivity index (χ4v) is 2.70. The first kappa shape index (κ1) is 14.0. The van der Waals surface area contributed by atoms with Crippen LogP contribution < -0.4 is 10.2 Å². The molecule has 5 nitrogen and oxygen atoms in total. The Morgan fingerprint density at radius 3 is 2.74 bits per heavy atom. The first-order chi connectivity index (χ1) is 9.08. The van der Waals surface area contributed by atoms with E-state index in [4.69, 9.17) is 5.11 Å². The Bertz CT molecular complexity index is 531. The Hall–Kier alpha value is -1.40. The highest BCUT2D eigenvalue weighted by Gasteiger charge is 2.29. The van der Waals surface area contributed by atoms with E-state index in [0.29, 0.717) is 24.2 Å². The summed E-state index contributed by atoms with van der Waals surface area (Å²) in [5, 5.41) is 11.5. The molecular weight excluding hydrogens is 312 g/mol. The number of rotatable bonds is 5. The number of hydrogen-bond acceptors (Lipinski definition) is 4. The van der Waals surface area contributed by atoms with Gasteiger partial charge in [-0.25, -0.2) is 0 Å². The first-order valence-electron chi connectivity index (χ1n) is 6.13. The van der Waals surface area contributed by atoms with Crippen molar-refractivity contribution < 1.29 is 14.7 Å². The van der Waals surface area contributed by atoms with Crippen LogP contribution in [0.1, 0.15) is 23.7 Å². The summed E-state index contributed by atoms with van der Waals surface area (Å²) in [4.78, 5) is 25.0. The number of aliphatic hydroxyl groups excluding tert-OH is 1. The molecule has 0 aliphatic carbocycles. The summed E-state index contributed by atoms with van der Waals surface area (Å²) in [5.74, 6) is -1.09. The summed E-state index contributed by atoms with van der Waals surface area (Å²) in [6, 6.07) is 3.47. The molecule has 0 saturated carbocycles. The van der Waals surface area contributed by atoms with Gasteiger partial charge in [-0.2, -0.15) is 0 Å². The lowest BCUT2D eigenvalue weighted by molar-refractivity contribution is -0.112. The van der Waals surface area contributed by atoms with Crippen LogP contribution in [-0.2, 0) is 4.79 Å². The molecule has 2 N–H and O–H groups in total. The lowest BCUT2D eigenvalue weighted by Crippen LogP contribution is -2.25. The van der Waals surface area contributed by atoms with Gasteiger partial charge < -0.3 is 15.3 Å². The summed E-state index contributed by atoms with van der Waals surface area (Å²) < 4.78 is 0.774. The van der Waals surface area contributed by atoms with E-state index in [1.54, 1.807) is 12.1 Å². The van der Waals surface area contributed by atoms with Crippen LogP contribution in [0.4, 0.5) is 11.4 Å². The molecule has 0 saturated heterocycles. The molecular formula is C13H15BrN2O3. The van der Waals surface area contributed by atoms with E-state index >= 15 is 0 Å². The van der Waals surface area contributed by atoms with Gasteiger partial charge in [0.2, 0.25) is 0 Å². The summed E-state index contributed by atoms with van der Waals surface area (Å²) in [6.07, 6.45) is 0.669. The molecule has 2 rings (SSSR count). The Labute approximate surface area is 119 Å². The molecule has 1 aromatic rings. The van der Waals surface area contributed by atoms with Crippen LogP contribution in [0.2, 0.25) is 0 Å². The van der Waals surface area contributed by atoms with E-state index in [2.05, 4.69) is 26.1 Å². The molecule has 1 aliphatic rings. The van der Waals surface area contributed by atoms with E-state index in [9.17, 15) is 9.59 Å². The second-order valence-corrected chi connectivity index (χ2v) is 5.14. The quantitative estimate of drug-likeness (QED) is 0.809. The van der Waals surface area contributed by atoms with Crippen LogP contribution in [0.3, 0.4) is 0 Å². The first-order valence-corrected chi connectivity index (χ1v) is 6.92. The zero-order valence-electron chi connectivity index (χ0n) is 10.6. The van der Waals surface area contributed by atoms with E-state index < -0.39 is 11.7 Å². The zero-order chi connectivity index (χ0) is 14.0. The monoisotopic (exact) mass is 326 g/mol. The van der Waals surface area contributed by atoms with Crippen molar-refractivity contribution in [1.82, 2.24) is 0 Å². The molecule has 102 valence electrons. The molecule has 0 fully saturated rings. The van der Waals surface area contributed by atoms with Crippen molar-refractivity contribution in [3.63, 3.8) is 0 Å². The van der Waals surface area contributed by atoms with Gasteiger partial charge in [-0.3, -0.25) is 9.59 Å². The number of halogens is 1. The minimum atomic E-state index is -0.586. The second kappa shape index (κ2) is 5.71. The fourth-order valence-electron chi connectivity index (χ4n) is 2.11. The van der Waals surface area contributed by atoms with E-state index in [0.717, 1.165) is 16.7 Å². The molecule has 6 heteroatoms. The number of Topliss-reactive ketones (excluding diaryl/α,β-unsaturated/α-hetero) is 1. The standard InChI is InChI=1S/C13H15BrN2O3/c1-2-16(4-3-5-17)11-7-10-8(6-9(11)14)12(18)13(19)15-10/h6-7,17H,2-5H2,1H3,(H,15,18,19). The summed E-state index contributed by atoms with van der Waals surface area (Å²) in [6.45, 7) is 3.64. The maximum atomic E-state index is 11.6. The van der Waals surface area contributed by atoms with Crippen molar-refractivity contribution in [2.24, 2.45) is 0 Å². The third-order valence-corrected chi connectivity index (χ3v) is 3.73. The number of fused-ring (bicyclic) bond motifs is 1. The number of carbonyl (C=O) groups is 2. The van der Waals surface area contributed by atoms with Crippen molar-refractivity contribution in [2.45, 2.75) is 13.3 Å². The fraction of sp³-hybridized carbons (Fsp3) is 0.385. The molecule has 1 amide bonds. The number of nitrogens with one attached hydrogen (secondary N) is 1. The van der Waals surface area contributed by atoms with Gasteiger partial charge in [0, 0.05) is 24.2 Å². The minimum absolute atomic E-state index is 0.133. The molecule has 0 aromatic heterocycles. The van der Waals surface area contributed by atoms with Crippen molar-refractivity contribution in [3.05, 3.63) is 22.2 Å². The van der Waals surface area contributed by atoms with Gasteiger partial charge in [0.1, 0.15) is 0 Å². The second-order valence-electron chi connectivity index (χ2n) is 4.29. The number of ketones is 1. The smallest absolute Gasteiger partial charge is 0.296 e. The maximum absolute atomic E-state index is 11.6. The Balaban J connectivity index is 2.35. The predicted octanol–water partition coefficient (Wildman–Crippen LogP) is 1.79. The average molecular weight is 327 g/mol. The average Bonchev–Trinajstić information content (AvgIpc) is 2.66. The van der Waals surface area contributed by atoms with Gasteiger partial charge in [0.05, 0.1) is 16.9 Å². The van der Waals surface area contributed by atoms with Gasteiger partial charge in [-0.1, -0.05) is 0 Å². The van der Waals surface area contributed by atoms with Gasteiger partial charge in [-0.15, -0.1) is 0 Å². The number of hydrogen-bond donors (Lipinski definition) is 2. The van der Waals surface area contributed by atoms with Crippen LogP contribution in [-0.4, -0.2) is 36.5 Å². The highest BCUT2D eigenvalue weighted by molar-refractivity contribution is 9.10. The number of anilines is 2. The molecule has 0 unspecified atom stereocenters. The molecule has 1 aromatic carbocycles. The van der Waals surface area contributed by atoms with Gasteiger partial charge in [0.15, 0.2) is 0 Å². The summed E-state index contributed by atoms with van der Waals surface area (Å²) >= 11 is 3.44. The van der Waals surface area contributed by atoms with E-state index in [1.807, 2.05) is 6.92 Å². The molecule has 0 bridgehead atoms. The van der Waals surface area contributed by atoms with Crippen LogP contribution >= 0.6 is 15.9 Å². The summed E-state index contributed by atoms with van der Waals surface area (Å²) in [5.41, 5.74) is 1.86. The largest absolute Gasteiger partial charge is 0.396 e. The van der Waals surface area contributed by atoms with Crippen LogP contribution in [0, 0.1) is 0 Å². The Morgan fingerprint density at radius 1 is 1.37 bits per heavy atom. The van der Waals surface area contributed by atoms with E-state index in [-0.39, 0.29) is 6.61 Å². The third kappa shape index (κ3) is 2.64. The SMILES string of the molecule is CCN(CCCO)c1cc2c(cc1Br)C(=O)C(=O)N2. The lowest BCUT2D eigenvalue weighted by atomic mass is 10.1. The molecule has 0 radical (unpaired) electrons. The normalized spacial score (nSPS) is 13.4. The summed E-state index contributed by atoms with van der Waals surface area (Å²) in [7, 11) is 0. The van der Waals surface area contributed by atoms with Crippen LogP contribution in [0.5, 0.6) is 0 Å². The van der Waals surface area contributed by atoms with Gasteiger partial charge >= 0.3 is 0 Å². The molecule has 1 heterocycles. The molecule has 1 aliphatic heterocycles. The molecule has 0 atom stereocenters. The predicted molar refractivity (Wildman–Crippen MR) is 76.7 cm³/mol. The number of amides is 1. The van der Waals surface area contributed by atoms with Crippen LogP contribution in [0.15, 0.2) is 16.6 Å². The van der Waals surface area contributed by atoms with Gasteiger partial charge in [0.25, 0.3) is 11.7 Å². The highest BCUT2D eigenvalue weighted by Crippen LogP contribution is 2.35. The zero-order valence-corrected chi connectivity index (χ0v) is 12.2. The van der Waals surface area contributed by atoms with E-state index in [1.165, 1.54) is 0 Å². The lowest BCUT2D eigenvalue weighted by Gasteiger charge is -2.24. The minimum Gasteiger partial charge on any atom is -0.396 e. The molecule has 0 spiro atoms. The number of carbonyl (C=O) groups excluding carboxylic acids is 2. The van der Waals surface area contributed by atoms with Crippen LogP contribution in [0.25, 0.3) is 0 Å². The Kier molecular flexibility index (Phi) is 4.21. The third-order valence-electron chi connectivity index (χ3n) is 3.09. The number of nitrogens with zero attached hydrogens (tertiary/aromatic N) is 1. The highest BCUT2D eigenvalue weighted by atomic mass is 79.9. The number of benzene rings is 1.